The molecule has 0 bridgehead atoms. The molecule has 0 saturated carbocycles. The summed E-state index contributed by atoms with van der Waals surface area (Å²) in [4.78, 5) is 53.3. The highest BCUT2D eigenvalue weighted by atomic mass is 16.6. The Balaban J connectivity index is 1.47. The second-order valence-electron chi connectivity index (χ2n) is 9.08. The van der Waals surface area contributed by atoms with Crippen LogP contribution in [0.1, 0.15) is 27.5 Å². The molecule has 4 atom stereocenters. The number of hydrazone groups is 1. The average molecular weight is 496 g/mol. The van der Waals surface area contributed by atoms with E-state index in [4.69, 9.17) is 4.74 Å². The zero-order valence-corrected chi connectivity index (χ0v) is 19.6. The van der Waals surface area contributed by atoms with Crippen molar-refractivity contribution < 1.29 is 24.0 Å². The number of hydrogen-bond donors (Lipinski definition) is 0. The Hall–Kier alpha value is -4.86. The summed E-state index contributed by atoms with van der Waals surface area (Å²) in [7, 11) is 1.52. The van der Waals surface area contributed by atoms with Crippen molar-refractivity contribution in [3.8, 4) is 5.75 Å². The van der Waals surface area contributed by atoms with E-state index in [2.05, 4.69) is 5.10 Å². The highest BCUT2D eigenvalue weighted by molar-refractivity contribution is 6.24. The van der Waals surface area contributed by atoms with Gasteiger partial charge in [0.05, 0.1) is 41.8 Å². The lowest BCUT2D eigenvalue weighted by Gasteiger charge is -2.33. The van der Waals surface area contributed by atoms with Crippen molar-refractivity contribution in [3.63, 3.8) is 0 Å². The molecular weight excluding hydrogens is 476 g/mol. The molecule has 184 valence electrons. The van der Waals surface area contributed by atoms with Crippen molar-refractivity contribution in [2.45, 2.75) is 12.1 Å². The van der Waals surface area contributed by atoms with Crippen LogP contribution in [0.2, 0.25) is 0 Å². The second kappa shape index (κ2) is 8.37. The summed E-state index contributed by atoms with van der Waals surface area (Å²) >= 11 is 0. The Morgan fingerprint density at radius 1 is 0.973 bits per heavy atom. The molecule has 2 fully saturated rings. The summed E-state index contributed by atoms with van der Waals surface area (Å²) in [6.45, 7) is 0. The number of amides is 2. The van der Waals surface area contributed by atoms with E-state index in [0.29, 0.717) is 11.3 Å². The van der Waals surface area contributed by atoms with Crippen molar-refractivity contribution >= 4 is 35.2 Å². The van der Waals surface area contributed by atoms with Crippen LogP contribution in [0.4, 0.5) is 11.4 Å². The molecule has 3 aromatic carbocycles. The zero-order chi connectivity index (χ0) is 25.8. The van der Waals surface area contributed by atoms with Gasteiger partial charge in [0.1, 0.15) is 11.8 Å². The summed E-state index contributed by atoms with van der Waals surface area (Å²) in [5.41, 5.74) is 1.81. The van der Waals surface area contributed by atoms with E-state index in [9.17, 15) is 24.5 Å². The standard InChI is InChI=1S/C27H20N4O6/c1-37-19-11-9-15(10-12-19)25(32)24-22-21(23-20-8-3-2-5-16(20)14-28-30(23)24)26(33)29(27(22)34)17-6-4-7-18(13-17)31(35)36/h2-14,21-24H,1H3/t21-,22+,23?,24-/m0/s1. The summed E-state index contributed by atoms with van der Waals surface area (Å²) in [6, 6.07) is 17.7. The highest BCUT2D eigenvalue weighted by Gasteiger charge is 2.65. The van der Waals surface area contributed by atoms with Crippen molar-refractivity contribution in [1.29, 1.82) is 0 Å². The lowest BCUT2D eigenvalue weighted by Crippen LogP contribution is -2.44. The van der Waals surface area contributed by atoms with Crippen LogP contribution in [0.5, 0.6) is 5.75 Å². The van der Waals surface area contributed by atoms with E-state index in [1.54, 1.807) is 35.5 Å². The predicted molar refractivity (Wildman–Crippen MR) is 132 cm³/mol. The van der Waals surface area contributed by atoms with Crippen LogP contribution in [-0.4, -0.2) is 46.9 Å². The number of anilines is 1. The van der Waals surface area contributed by atoms with Crippen LogP contribution in [0.25, 0.3) is 0 Å². The molecule has 6 rings (SSSR count). The number of ether oxygens (including phenoxy) is 1. The molecule has 37 heavy (non-hydrogen) atoms. The third-order valence-corrected chi connectivity index (χ3v) is 7.24. The number of ketones is 1. The quantitative estimate of drug-likeness (QED) is 0.230. The van der Waals surface area contributed by atoms with Gasteiger partial charge in [0.2, 0.25) is 11.8 Å². The van der Waals surface area contributed by atoms with Gasteiger partial charge in [-0.2, -0.15) is 5.10 Å². The molecule has 3 heterocycles. The molecule has 0 spiro atoms. The molecule has 10 heteroatoms. The molecule has 2 saturated heterocycles. The third kappa shape index (κ3) is 3.33. The molecule has 0 aromatic heterocycles. The number of nitrogens with zero attached hydrogens (tertiary/aromatic N) is 4. The first-order valence-electron chi connectivity index (χ1n) is 11.6. The Morgan fingerprint density at radius 2 is 1.70 bits per heavy atom. The Morgan fingerprint density at radius 3 is 2.43 bits per heavy atom. The normalized spacial score (nSPS) is 23.5. The number of fused-ring (bicyclic) bond motifs is 5. The molecule has 2 amide bonds. The molecule has 3 aliphatic heterocycles. The van der Waals surface area contributed by atoms with E-state index in [1.165, 1.54) is 31.4 Å². The number of methoxy groups -OCH3 is 1. The van der Waals surface area contributed by atoms with Crippen LogP contribution in [0.3, 0.4) is 0 Å². The number of non-ortho nitro benzene ring substituents is 1. The van der Waals surface area contributed by atoms with Crippen molar-refractivity contribution in [2.24, 2.45) is 16.9 Å². The van der Waals surface area contributed by atoms with Gasteiger partial charge in [-0.25, -0.2) is 4.90 Å². The van der Waals surface area contributed by atoms with Gasteiger partial charge in [0.25, 0.3) is 5.69 Å². The number of carbonyl (C=O) groups is 3. The van der Waals surface area contributed by atoms with Crippen LogP contribution in [-0.2, 0) is 9.59 Å². The number of nitro benzene ring substituents is 1. The average Bonchev–Trinajstić information content (AvgIpc) is 3.40. The topological polar surface area (TPSA) is 122 Å². The van der Waals surface area contributed by atoms with E-state index in [1.807, 2.05) is 24.3 Å². The maximum absolute atomic E-state index is 13.9. The molecule has 3 aliphatic rings. The lowest BCUT2D eigenvalue weighted by atomic mass is 9.83. The van der Waals surface area contributed by atoms with Gasteiger partial charge in [-0.05, 0) is 41.5 Å². The predicted octanol–water partition coefficient (Wildman–Crippen LogP) is 3.36. The van der Waals surface area contributed by atoms with Gasteiger partial charge in [-0.15, -0.1) is 0 Å². The van der Waals surface area contributed by atoms with Crippen LogP contribution in [0.15, 0.2) is 77.9 Å². The molecule has 3 aromatic rings. The smallest absolute Gasteiger partial charge is 0.271 e. The minimum atomic E-state index is -1.03. The largest absolute Gasteiger partial charge is 0.497 e. The number of hydrogen-bond acceptors (Lipinski definition) is 8. The first kappa shape index (κ1) is 22.6. The van der Waals surface area contributed by atoms with Gasteiger partial charge >= 0.3 is 0 Å². The van der Waals surface area contributed by atoms with Gasteiger partial charge in [-0.3, -0.25) is 29.5 Å². The summed E-state index contributed by atoms with van der Waals surface area (Å²) in [6.07, 6.45) is 1.63. The number of imide groups is 1. The number of Topliss-reactive ketones (excluding diaryl/α,β-unsaturated/α-hetero) is 1. The SMILES string of the molecule is COc1ccc(C(=O)[C@@H]2[C@@H]3C(=O)N(c4cccc([N+](=O)[O-])c4)C(=O)[C@@H]3C3c4ccccc4C=NN32)cc1. The zero-order valence-electron chi connectivity index (χ0n) is 19.6. The molecule has 10 nitrogen and oxygen atoms in total. The molecule has 1 unspecified atom stereocenters. The fraction of sp³-hybridized carbons (Fsp3) is 0.185. The summed E-state index contributed by atoms with van der Waals surface area (Å²) in [5.74, 6) is -2.77. The first-order valence-corrected chi connectivity index (χ1v) is 11.6. The summed E-state index contributed by atoms with van der Waals surface area (Å²) in [5, 5.41) is 17.4. The van der Waals surface area contributed by atoms with Gasteiger partial charge in [-0.1, -0.05) is 30.3 Å². The van der Waals surface area contributed by atoms with Gasteiger partial charge < -0.3 is 4.74 Å². The molecular formula is C27H20N4O6. The van der Waals surface area contributed by atoms with Gasteiger partial charge in [0, 0.05) is 17.7 Å². The number of benzene rings is 3. The van der Waals surface area contributed by atoms with Crippen LogP contribution >= 0.6 is 0 Å². The molecule has 0 radical (unpaired) electrons. The fourth-order valence-corrected chi connectivity index (χ4v) is 5.59. The van der Waals surface area contributed by atoms with E-state index < -0.39 is 40.7 Å². The highest BCUT2D eigenvalue weighted by Crippen LogP contribution is 2.53. The summed E-state index contributed by atoms with van der Waals surface area (Å²) < 4.78 is 5.19. The number of rotatable bonds is 5. The Bertz CT molecular complexity index is 1500. The molecule has 0 N–H and O–H groups in total. The monoisotopic (exact) mass is 496 g/mol. The van der Waals surface area contributed by atoms with Gasteiger partial charge in [0.15, 0.2) is 5.78 Å². The minimum absolute atomic E-state index is 0.105. The van der Waals surface area contributed by atoms with E-state index in [0.717, 1.165) is 16.0 Å². The Labute approximate surface area is 210 Å². The van der Waals surface area contributed by atoms with E-state index >= 15 is 0 Å². The number of nitro groups is 1. The van der Waals surface area contributed by atoms with Crippen molar-refractivity contribution in [1.82, 2.24) is 5.01 Å². The third-order valence-electron chi connectivity index (χ3n) is 7.24. The maximum atomic E-state index is 13.9. The first-order chi connectivity index (χ1) is 17.9. The number of carbonyl (C=O) groups excluding carboxylic acids is 3. The van der Waals surface area contributed by atoms with Crippen LogP contribution in [0, 0.1) is 22.0 Å². The van der Waals surface area contributed by atoms with Crippen molar-refractivity contribution in [2.75, 3.05) is 12.0 Å². The minimum Gasteiger partial charge on any atom is -0.497 e. The fourth-order valence-electron chi connectivity index (χ4n) is 5.59. The maximum Gasteiger partial charge on any atom is 0.271 e. The van der Waals surface area contributed by atoms with Crippen LogP contribution < -0.4 is 9.64 Å². The molecule has 0 aliphatic carbocycles. The Kier molecular flexibility index (Phi) is 5.11. The lowest BCUT2D eigenvalue weighted by molar-refractivity contribution is -0.384. The second-order valence-corrected chi connectivity index (χ2v) is 9.08. The van der Waals surface area contributed by atoms with E-state index in [-0.39, 0.29) is 17.2 Å². The van der Waals surface area contributed by atoms with Crippen molar-refractivity contribution in [3.05, 3.63) is 99.6 Å².